The van der Waals surface area contributed by atoms with Crippen LogP contribution in [0.25, 0.3) is 0 Å². The number of aliphatic hydroxyl groups excluding tert-OH is 1. The van der Waals surface area contributed by atoms with Crippen LogP contribution in [0.2, 0.25) is 0 Å². The Morgan fingerprint density at radius 2 is 1.91 bits per heavy atom. The Hall–Kier alpha value is -3.14. The van der Waals surface area contributed by atoms with E-state index in [9.17, 15) is 15.0 Å². The van der Waals surface area contributed by atoms with E-state index < -0.39 is 17.7 Å². The van der Waals surface area contributed by atoms with E-state index >= 15 is 0 Å². The van der Waals surface area contributed by atoms with Crippen LogP contribution in [0.15, 0.2) is 77.0 Å². The third-order valence-corrected chi connectivity index (χ3v) is 6.28. The zero-order valence-electron chi connectivity index (χ0n) is 18.5. The summed E-state index contributed by atoms with van der Waals surface area (Å²) in [7, 11) is 0. The van der Waals surface area contributed by atoms with Crippen molar-refractivity contribution >= 4 is 17.7 Å². The lowest BCUT2D eigenvalue weighted by molar-refractivity contribution is -0.159. The fourth-order valence-corrected chi connectivity index (χ4v) is 4.39. The van der Waals surface area contributed by atoms with Gasteiger partial charge in [-0.3, -0.25) is 4.98 Å². The van der Waals surface area contributed by atoms with Crippen molar-refractivity contribution in [3.63, 3.8) is 0 Å². The minimum Gasteiger partial charge on any atom is -0.491 e. The lowest BCUT2D eigenvalue weighted by atomic mass is 9.91. The second kappa shape index (κ2) is 11.3. The molecule has 2 aromatic carbocycles. The first-order valence-corrected chi connectivity index (χ1v) is 11.8. The van der Waals surface area contributed by atoms with Crippen molar-refractivity contribution in [2.75, 3.05) is 19.8 Å². The van der Waals surface area contributed by atoms with E-state index in [1.165, 1.54) is 11.8 Å². The molecule has 1 aliphatic heterocycles. The Morgan fingerprint density at radius 3 is 2.59 bits per heavy atom. The SMILES string of the molecule is O=C(O)C1(Cc2cccc(OC[C@@H](O)COc3ccc(Sc4cnccn4)cc3)c2)CCCO1. The molecule has 2 N–H and O–H groups in total. The molecule has 0 saturated carbocycles. The summed E-state index contributed by atoms with van der Waals surface area (Å²) in [5, 5.41) is 20.7. The number of ether oxygens (including phenoxy) is 3. The number of carboxylic acids is 1. The van der Waals surface area contributed by atoms with E-state index in [0.717, 1.165) is 21.9 Å². The zero-order valence-corrected chi connectivity index (χ0v) is 19.3. The second-order valence-corrected chi connectivity index (χ2v) is 9.06. The second-order valence-electron chi connectivity index (χ2n) is 7.97. The van der Waals surface area contributed by atoms with E-state index in [2.05, 4.69) is 9.97 Å². The largest absolute Gasteiger partial charge is 0.491 e. The highest BCUT2D eigenvalue weighted by Gasteiger charge is 2.42. The maximum absolute atomic E-state index is 11.7. The molecule has 0 aliphatic carbocycles. The molecule has 1 unspecified atom stereocenters. The fourth-order valence-electron chi connectivity index (χ4n) is 3.65. The van der Waals surface area contributed by atoms with Crippen LogP contribution in [0.5, 0.6) is 11.5 Å². The summed E-state index contributed by atoms with van der Waals surface area (Å²) in [5.74, 6) is 0.254. The van der Waals surface area contributed by atoms with Crippen LogP contribution in [0.4, 0.5) is 0 Å². The predicted octanol–water partition coefficient (Wildman–Crippen LogP) is 3.62. The Bertz CT molecular complexity index is 1070. The lowest BCUT2D eigenvalue weighted by Gasteiger charge is -2.23. The number of hydrogen-bond acceptors (Lipinski definition) is 8. The molecule has 0 radical (unpaired) electrons. The number of hydrogen-bond donors (Lipinski definition) is 2. The molecular weight excluding hydrogens is 456 g/mol. The first kappa shape index (κ1) is 24.0. The van der Waals surface area contributed by atoms with Crippen LogP contribution >= 0.6 is 11.8 Å². The molecule has 1 aromatic heterocycles. The van der Waals surface area contributed by atoms with Gasteiger partial charge in [0.2, 0.25) is 0 Å². The van der Waals surface area contributed by atoms with Crippen molar-refractivity contribution in [1.29, 1.82) is 0 Å². The summed E-state index contributed by atoms with van der Waals surface area (Å²) >= 11 is 1.50. The third-order valence-electron chi connectivity index (χ3n) is 5.35. The molecule has 4 rings (SSSR count). The van der Waals surface area contributed by atoms with Gasteiger partial charge in [0, 0.05) is 30.3 Å². The molecule has 3 aromatic rings. The quantitative estimate of drug-likeness (QED) is 0.423. The first-order chi connectivity index (χ1) is 16.5. The average Bonchev–Trinajstić information content (AvgIpc) is 3.33. The number of benzene rings is 2. The summed E-state index contributed by atoms with van der Waals surface area (Å²) in [6.45, 7) is 0.578. The van der Waals surface area contributed by atoms with Gasteiger partial charge < -0.3 is 24.4 Å². The molecule has 8 nitrogen and oxygen atoms in total. The van der Waals surface area contributed by atoms with Gasteiger partial charge in [0.05, 0.1) is 6.20 Å². The van der Waals surface area contributed by atoms with Gasteiger partial charge in [-0.2, -0.15) is 0 Å². The topological polar surface area (TPSA) is 111 Å². The molecule has 2 heterocycles. The van der Waals surface area contributed by atoms with Crippen molar-refractivity contribution < 1.29 is 29.2 Å². The Morgan fingerprint density at radius 1 is 1.12 bits per heavy atom. The molecule has 178 valence electrons. The van der Waals surface area contributed by atoms with Crippen molar-refractivity contribution in [3.8, 4) is 11.5 Å². The maximum atomic E-state index is 11.7. The Kier molecular flexibility index (Phi) is 7.99. The van der Waals surface area contributed by atoms with E-state index in [4.69, 9.17) is 14.2 Å². The van der Waals surface area contributed by atoms with Crippen LogP contribution < -0.4 is 9.47 Å². The van der Waals surface area contributed by atoms with Gasteiger partial charge in [0.1, 0.15) is 35.8 Å². The molecule has 0 amide bonds. The van der Waals surface area contributed by atoms with Gasteiger partial charge in [0.15, 0.2) is 5.60 Å². The number of carboxylic acid groups (broad SMARTS) is 1. The average molecular weight is 483 g/mol. The van der Waals surface area contributed by atoms with Gasteiger partial charge in [0.25, 0.3) is 0 Å². The highest BCUT2D eigenvalue weighted by Crippen LogP contribution is 2.31. The number of aliphatic carboxylic acids is 1. The molecule has 1 aliphatic rings. The standard InChI is InChI=1S/C25H26N2O6S/c28-19(16-31-20-5-7-22(8-6-20)34-23-15-26-10-11-27-23)17-32-21-4-1-3-18(13-21)14-25(24(29)30)9-2-12-33-25/h1,3-8,10-11,13,15,19,28H,2,9,12,14,16-17H2,(H,29,30)/t19-,25?/m0/s1. The molecule has 1 saturated heterocycles. The molecule has 34 heavy (non-hydrogen) atoms. The van der Waals surface area contributed by atoms with E-state index in [-0.39, 0.29) is 19.6 Å². The van der Waals surface area contributed by atoms with Gasteiger partial charge in [-0.05, 0) is 54.8 Å². The Balaban J connectivity index is 1.24. The molecule has 2 atom stereocenters. The zero-order chi connectivity index (χ0) is 23.8. The number of nitrogens with zero attached hydrogens (tertiary/aromatic N) is 2. The number of aliphatic hydroxyl groups is 1. The third kappa shape index (κ3) is 6.47. The normalized spacial score (nSPS) is 18.4. The lowest BCUT2D eigenvalue weighted by Crippen LogP contribution is -2.40. The highest BCUT2D eigenvalue weighted by molar-refractivity contribution is 7.99. The molecule has 9 heteroatoms. The number of aromatic nitrogens is 2. The van der Waals surface area contributed by atoms with Gasteiger partial charge >= 0.3 is 5.97 Å². The van der Waals surface area contributed by atoms with Crippen molar-refractivity contribution in [2.45, 2.75) is 40.9 Å². The van der Waals surface area contributed by atoms with Crippen LogP contribution in [-0.2, 0) is 16.0 Å². The van der Waals surface area contributed by atoms with Gasteiger partial charge in [-0.25, -0.2) is 9.78 Å². The maximum Gasteiger partial charge on any atom is 0.336 e. The fraction of sp³-hybridized carbons (Fsp3) is 0.320. The summed E-state index contributed by atoms with van der Waals surface area (Å²) in [6.07, 6.45) is 5.65. The van der Waals surface area contributed by atoms with Crippen LogP contribution in [-0.4, -0.2) is 57.7 Å². The molecule has 1 fully saturated rings. The van der Waals surface area contributed by atoms with E-state index in [0.29, 0.717) is 24.5 Å². The monoisotopic (exact) mass is 482 g/mol. The Labute approximate surface area is 201 Å². The first-order valence-electron chi connectivity index (χ1n) is 11.0. The molecule has 0 spiro atoms. The number of rotatable bonds is 11. The van der Waals surface area contributed by atoms with E-state index in [1.54, 1.807) is 36.8 Å². The minimum atomic E-state index is -1.17. The molecular formula is C25H26N2O6S. The van der Waals surface area contributed by atoms with E-state index in [1.807, 2.05) is 30.3 Å². The van der Waals surface area contributed by atoms with Gasteiger partial charge in [-0.1, -0.05) is 23.9 Å². The summed E-state index contributed by atoms with van der Waals surface area (Å²) in [5.41, 5.74) is -0.360. The van der Waals surface area contributed by atoms with Crippen LogP contribution in [0.3, 0.4) is 0 Å². The highest BCUT2D eigenvalue weighted by atomic mass is 32.2. The van der Waals surface area contributed by atoms with Crippen molar-refractivity contribution in [2.24, 2.45) is 0 Å². The molecule has 0 bridgehead atoms. The van der Waals surface area contributed by atoms with Crippen LogP contribution in [0.1, 0.15) is 18.4 Å². The van der Waals surface area contributed by atoms with Crippen LogP contribution in [0, 0.1) is 0 Å². The smallest absolute Gasteiger partial charge is 0.336 e. The predicted molar refractivity (Wildman–Crippen MR) is 125 cm³/mol. The number of carbonyl (C=O) groups is 1. The van der Waals surface area contributed by atoms with Gasteiger partial charge in [-0.15, -0.1) is 0 Å². The summed E-state index contributed by atoms with van der Waals surface area (Å²) in [4.78, 5) is 21.0. The van der Waals surface area contributed by atoms with Crippen molar-refractivity contribution in [3.05, 3.63) is 72.7 Å². The minimum absolute atomic E-state index is 0.0463. The summed E-state index contributed by atoms with van der Waals surface area (Å²) in [6, 6.07) is 14.7. The summed E-state index contributed by atoms with van der Waals surface area (Å²) < 4.78 is 16.9. The van der Waals surface area contributed by atoms with Crippen molar-refractivity contribution in [1.82, 2.24) is 9.97 Å².